The van der Waals surface area contributed by atoms with E-state index in [1.54, 1.807) is 12.1 Å². The first-order valence-corrected chi connectivity index (χ1v) is 8.88. The number of aliphatic imine (C=N–C) groups is 1. The minimum absolute atomic E-state index is 0.310. The number of nitrogens with zero attached hydrogens (tertiary/aromatic N) is 1. The van der Waals surface area contributed by atoms with Gasteiger partial charge in [0.05, 0.1) is 4.47 Å². The largest absolute Gasteiger partial charge is 0.313 e. The maximum atomic E-state index is 13.7. The molecule has 2 aromatic rings. The van der Waals surface area contributed by atoms with Gasteiger partial charge in [-0.25, -0.2) is 9.38 Å². The predicted octanol–water partition coefficient (Wildman–Crippen LogP) is 5.02. The maximum Gasteiger partial charge on any atom is 0.212 e. The first-order chi connectivity index (χ1) is 12.1. The van der Waals surface area contributed by atoms with Crippen molar-refractivity contribution in [3.63, 3.8) is 0 Å². The molecule has 3 rings (SSSR count). The van der Waals surface area contributed by atoms with Crippen molar-refractivity contribution in [2.24, 2.45) is 4.99 Å². The zero-order valence-electron chi connectivity index (χ0n) is 13.8. The van der Waals surface area contributed by atoms with E-state index in [-0.39, 0.29) is 0 Å². The second-order valence-corrected chi connectivity index (χ2v) is 6.93. The fourth-order valence-electron chi connectivity index (χ4n) is 2.61. The molecule has 0 heterocycles. The number of rotatable bonds is 5. The molecule has 0 unspecified atom stereocenters. The van der Waals surface area contributed by atoms with E-state index in [1.165, 1.54) is 24.5 Å². The molecule has 0 saturated heterocycles. The van der Waals surface area contributed by atoms with Gasteiger partial charge < -0.3 is 5.32 Å². The molecule has 1 aliphatic rings. The van der Waals surface area contributed by atoms with Crippen LogP contribution in [0.1, 0.15) is 42.4 Å². The van der Waals surface area contributed by atoms with Gasteiger partial charge in [-0.2, -0.15) is 0 Å². The lowest BCUT2D eigenvalue weighted by molar-refractivity contribution is -0.108. The molecule has 1 saturated carbocycles. The van der Waals surface area contributed by atoms with Crippen LogP contribution in [0.4, 0.5) is 4.39 Å². The fourth-order valence-corrected chi connectivity index (χ4v) is 2.86. The number of allylic oxidation sites excluding steroid dienone is 1. The second kappa shape index (κ2) is 7.74. The van der Waals surface area contributed by atoms with Gasteiger partial charge in [-0.1, -0.05) is 24.3 Å². The zero-order chi connectivity index (χ0) is 17.8. The van der Waals surface area contributed by atoms with Crippen molar-refractivity contribution in [3.05, 3.63) is 75.1 Å². The highest BCUT2D eigenvalue weighted by molar-refractivity contribution is 9.10. The second-order valence-electron chi connectivity index (χ2n) is 6.08. The van der Waals surface area contributed by atoms with E-state index >= 15 is 0 Å². The average molecular weight is 401 g/mol. The lowest BCUT2D eigenvalue weighted by Crippen LogP contribution is -2.23. The van der Waals surface area contributed by atoms with Gasteiger partial charge >= 0.3 is 0 Å². The Bertz CT molecular complexity index is 839. The summed E-state index contributed by atoms with van der Waals surface area (Å²) in [5.41, 5.74) is 3.64. The quantitative estimate of drug-likeness (QED) is 0.427. The highest BCUT2D eigenvalue weighted by Crippen LogP contribution is 2.39. The molecule has 0 atom stereocenters. The highest BCUT2D eigenvalue weighted by Gasteiger charge is 2.22. The SMILES string of the molecule is C/C(=C/c1ccc(C2CC2)cc1)N=C(NC=O)c1ccc(Br)c(F)c1. The van der Waals surface area contributed by atoms with Crippen LogP contribution in [0, 0.1) is 5.82 Å². The van der Waals surface area contributed by atoms with Crippen molar-refractivity contribution in [1.29, 1.82) is 0 Å². The van der Waals surface area contributed by atoms with E-state index in [4.69, 9.17) is 0 Å². The highest BCUT2D eigenvalue weighted by atomic mass is 79.9. The van der Waals surface area contributed by atoms with Gasteiger partial charge in [-0.05, 0) is 77.0 Å². The monoisotopic (exact) mass is 400 g/mol. The van der Waals surface area contributed by atoms with Crippen LogP contribution in [0.2, 0.25) is 0 Å². The summed E-state index contributed by atoms with van der Waals surface area (Å²) in [6.45, 7) is 1.84. The minimum atomic E-state index is -0.407. The third-order valence-electron chi connectivity index (χ3n) is 4.04. The summed E-state index contributed by atoms with van der Waals surface area (Å²) in [6, 6.07) is 13.0. The Kier molecular flexibility index (Phi) is 5.43. The van der Waals surface area contributed by atoms with Crippen molar-refractivity contribution in [2.45, 2.75) is 25.7 Å². The fraction of sp³-hybridized carbons (Fsp3) is 0.200. The van der Waals surface area contributed by atoms with Crippen LogP contribution in [-0.2, 0) is 4.79 Å². The number of amidine groups is 1. The first-order valence-electron chi connectivity index (χ1n) is 8.09. The van der Waals surface area contributed by atoms with Crippen LogP contribution in [0.15, 0.2) is 57.6 Å². The third kappa shape index (κ3) is 4.63. The average Bonchev–Trinajstić information content (AvgIpc) is 3.43. The van der Waals surface area contributed by atoms with Crippen LogP contribution < -0.4 is 5.32 Å². The van der Waals surface area contributed by atoms with Crippen molar-refractivity contribution in [3.8, 4) is 0 Å². The van der Waals surface area contributed by atoms with E-state index in [2.05, 4.69) is 50.5 Å². The Hall–Kier alpha value is -2.27. The normalized spacial score (nSPS) is 15.2. The number of carbonyl (C=O) groups excluding carboxylic acids is 1. The molecule has 2 aromatic carbocycles. The number of halogens is 2. The van der Waals surface area contributed by atoms with Crippen LogP contribution >= 0.6 is 15.9 Å². The lowest BCUT2D eigenvalue weighted by atomic mass is 10.1. The third-order valence-corrected chi connectivity index (χ3v) is 4.68. The topological polar surface area (TPSA) is 41.5 Å². The van der Waals surface area contributed by atoms with Crippen LogP contribution in [0.3, 0.4) is 0 Å². The molecular formula is C20H18BrFN2O. The molecule has 5 heteroatoms. The smallest absolute Gasteiger partial charge is 0.212 e. The molecule has 25 heavy (non-hydrogen) atoms. The summed E-state index contributed by atoms with van der Waals surface area (Å²) in [6.07, 6.45) is 5.03. The number of amides is 1. The summed E-state index contributed by atoms with van der Waals surface area (Å²) in [4.78, 5) is 15.3. The summed E-state index contributed by atoms with van der Waals surface area (Å²) < 4.78 is 14.1. The molecule has 0 spiro atoms. The minimum Gasteiger partial charge on any atom is -0.313 e. The number of benzene rings is 2. The summed E-state index contributed by atoms with van der Waals surface area (Å²) in [5.74, 6) is 0.632. The maximum absolute atomic E-state index is 13.7. The standard InChI is InChI=1S/C20H18BrFN2O/c1-13(10-14-2-4-15(5-3-14)16-6-7-16)24-20(23-12-25)17-8-9-18(21)19(22)11-17/h2-5,8-12,16H,6-7H2,1H3,(H,23,24,25)/b13-10-. The summed E-state index contributed by atoms with van der Waals surface area (Å²) >= 11 is 3.12. The summed E-state index contributed by atoms with van der Waals surface area (Å²) in [5, 5.41) is 2.54. The molecule has 0 bridgehead atoms. The molecule has 1 amide bonds. The van der Waals surface area contributed by atoms with Crippen molar-refractivity contribution in [2.75, 3.05) is 0 Å². The Labute approximate surface area is 154 Å². The Morgan fingerprint density at radius 3 is 2.56 bits per heavy atom. The Morgan fingerprint density at radius 1 is 1.24 bits per heavy atom. The van der Waals surface area contributed by atoms with Crippen molar-refractivity contribution >= 4 is 34.3 Å². The molecule has 1 N–H and O–H groups in total. The zero-order valence-corrected chi connectivity index (χ0v) is 15.4. The predicted molar refractivity (Wildman–Crippen MR) is 102 cm³/mol. The molecule has 0 radical (unpaired) electrons. The van der Waals surface area contributed by atoms with E-state index in [0.29, 0.717) is 28.0 Å². The molecule has 3 nitrogen and oxygen atoms in total. The lowest BCUT2D eigenvalue weighted by Gasteiger charge is -2.07. The van der Waals surface area contributed by atoms with Crippen LogP contribution in [-0.4, -0.2) is 12.2 Å². The van der Waals surface area contributed by atoms with E-state index < -0.39 is 5.82 Å². The first kappa shape index (κ1) is 17.5. The van der Waals surface area contributed by atoms with Gasteiger partial charge in [-0.15, -0.1) is 0 Å². The molecule has 0 aromatic heterocycles. The molecule has 128 valence electrons. The van der Waals surface area contributed by atoms with Crippen molar-refractivity contribution in [1.82, 2.24) is 5.32 Å². The Balaban J connectivity index is 1.84. The van der Waals surface area contributed by atoms with Gasteiger partial charge in [0.1, 0.15) is 11.7 Å². The van der Waals surface area contributed by atoms with Crippen molar-refractivity contribution < 1.29 is 9.18 Å². The number of hydrogen-bond acceptors (Lipinski definition) is 2. The number of nitrogens with one attached hydrogen (secondary N) is 1. The van der Waals surface area contributed by atoms with E-state index in [0.717, 1.165) is 11.5 Å². The summed E-state index contributed by atoms with van der Waals surface area (Å²) in [7, 11) is 0. The molecule has 0 aliphatic heterocycles. The molecular weight excluding hydrogens is 383 g/mol. The van der Waals surface area contributed by atoms with Crippen LogP contribution in [0.25, 0.3) is 6.08 Å². The number of hydrogen-bond donors (Lipinski definition) is 1. The van der Waals surface area contributed by atoms with Gasteiger partial charge in [0.2, 0.25) is 6.41 Å². The van der Waals surface area contributed by atoms with E-state index in [1.807, 2.05) is 13.0 Å². The molecule has 1 aliphatic carbocycles. The Morgan fingerprint density at radius 2 is 1.96 bits per heavy atom. The van der Waals surface area contributed by atoms with Gasteiger partial charge in [-0.3, -0.25) is 4.79 Å². The van der Waals surface area contributed by atoms with Gasteiger partial charge in [0.25, 0.3) is 0 Å². The van der Waals surface area contributed by atoms with Crippen LogP contribution in [0.5, 0.6) is 0 Å². The van der Waals surface area contributed by atoms with Gasteiger partial charge in [0.15, 0.2) is 0 Å². The number of carbonyl (C=O) groups is 1. The molecule has 1 fully saturated rings. The van der Waals surface area contributed by atoms with E-state index in [9.17, 15) is 9.18 Å². The van der Waals surface area contributed by atoms with Gasteiger partial charge in [0, 0.05) is 11.3 Å².